The molecular weight excluding hydrogens is 248 g/mol. The third kappa shape index (κ3) is 4.60. The first kappa shape index (κ1) is 13.4. The van der Waals surface area contributed by atoms with Crippen LogP contribution in [0.15, 0.2) is 6.20 Å². The van der Waals surface area contributed by atoms with E-state index in [4.69, 9.17) is 0 Å². The number of thiazole rings is 1. The SMILES string of the molecule is CC(C)NCc1cnc(CSC2CCCC2)s1. The second-order valence-electron chi connectivity index (χ2n) is 4.97. The molecule has 1 aliphatic rings. The van der Waals surface area contributed by atoms with Gasteiger partial charge in [0, 0.05) is 34.7 Å². The van der Waals surface area contributed by atoms with Gasteiger partial charge in [-0.3, -0.25) is 0 Å². The Morgan fingerprint density at radius 2 is 2.24 bits per heavy atom. The molecule has 1 aliphatic carbocycles. The minimum Gasteiger partial charge on any atom is -0.310 e. The van der Waals surface area contributed by atoms with Crippen molar-refractivity contribution in [2.24, 2.45) is 0 Å². The molecular formula is C13H22N2S2. The minimum atomic E-state index is 0.549. The average Bonchev–Trinajstić information content (AvgIpc) is 2.95. The van der Waals surface area contributed by atoms with Gasteiger partial charge in [-0.1, -0.05) is 26.7 Å². The lowest BCUT2D eigenvalue weighted by Crippen LogP contribution is -2.21. The standard InChI is InChI=1S/C13H22N2S2/c1-10(2)14-7-12-8-15-13(17-12)9-16-11-5-3-4-6-11/h8,10-11,14H,3-7,9H2,1-2H3. The van der Waals surface area contributed by atoms with Crippen LogP contribution in [0.3, 0.4) is 0 Å². The van der Waals surface area contributed by atoms with E-state index in [0.717, 1.165) is 17.5 Å². The summed E-state index contributed by atoms with van der Waals surface area (Å²) in [7, 11) is 0. The number of rotatable bonds is 6. The summed E-state index contributed by atoms with van der Waals surface area (Å²) in [6, 6.07) is 0.549. The first-order chi connectivity index (χ1) is 8.24. The van der Waals surface area contributed by atoms with Crippen LogP contribution in [0.1, 0.15) is 49.4 Å². The second kappa shape index (κ2) is 6.76. The molecule has 0 unspecified atom stereocenters. The molecule has 0 amide bonds. The molecule has 1 heterocycles. The van der Waals surface area contributed by atoms with Gasteiger partial charge >= 0.3 is 0 Å². The third-order valence-electron chi connectivity index (χ3n) is 3.03. The van der Waals surface area contributed by atoms with Crippen molar-refractivity contribution in [2.45, 2.75) is 63.1 Å². The van der Waals surface area contributed by atoms with Crippen LogP contribution in [0.25, 0.3) is 0 Å². The molecule has 0 bridgehead atoms. The van der Waals surface area contributed by atoms with Gasteiger partial charge in [-0.05, 0) is 12.8 Å². The van der Waals surface area contributed by atoms with Crippen LogP contribution < -0.4 is 5.32 Å². The molecule has 1 aromatic rings. The predicted molar refractivity (Wildman–Crippen MR) is 77.6 cm³/mol. The maximum Gasteiger partial charge on any atom is 0.103 e. The molecule has 0 atom stereocenters. The first-order valence-corrected chi connectivity index (χ1v) is 8.39. The van der Waals surface area contributed by atoms with Gasteiger partial charge in [0.15, 0.2) is 0 Å². The predicted octanol–water partition coefficient (Wildman–Crippen LogP) is 3.82. The van der Waals surface area contributed by atoms with E-state index < -0.39 is 0 Å². The molecule has 0 radical (unpaired) electrons. The molecule has 1 fully saturated rings. The number of nitrogens with one attached hydrogen (secondary N) is 1. The number of hydrogen-bond acceptors (Lipinski definition) is 4. The van der Waals surface area contributed by atoms with Crippen LogP contribution in [0.2, 0.25) is 0 Å². The largest absolute Gasteiger partial charge is 0.310 e. The zero-order chi connectivity index (χ0) is 12.1. The van der Waals surface area contributed by atoms with Crippen molar-refractivity contribution in [2.75, 3.05) is 0 Å². The molecule has 0 saturated heterocycles. The topological polar surface area (TPSA) is 24.9 Å². The van der Waals surface area contributed by atoms with Gasteiger partial charge in [0.2, 0.25) is 0 Å². The highest BCUT2D eigenvalue weighted by Crippen LogP contribution is 2.32. The molecule has 96 valence electrons. The molecule has 2 nitrogen and oxygen atoms in total. The molecule has 1 N–H and O–H groups in total. The molecule has 1 saturated carbocycles. The van der Waals surface area contributed by atoms with Crippen molar-refractivity contribution < 1.29 is 0 Å². The zero-order valence-corrected chi connectivity index (χ0v) is 12.4. The lowest BCUT2D eigenvalue weighted by atomic mass is 10.4. The van der Waals surface area contributed by atoms with E-state index in [9.17, 15) is 0 Å². The molecule has 17 heavy (non-hydrogen) atoms. The van der Waals surface area contributed by atoms with Crippen molar-refractivity contribution >= 4 is 23.1 Å². The molecule has 2 rings (SSSR count). The summed E-state index contributed by atoms with van der Waals surface area (Å²) in [4.78, 5) is 5.87. The van der Waals surface area contributed by atoms with Crippen LogP contribution in [0.4, 0.5) is 0 Å². The van der Waals surface area contributed by atoms with Crippen LogP contribution in [0.5, 0.6) is 0 Å². The van der Waals surface area contributed by atoms with Crippen molar-refractivity contribution in [3.63, 3.8) is 0 Å². The Labute approximate surface area is 113 Å². The Balaban J connectivity index is 1.73. The monoisotopic (exact) mass is 270 g/mol. The van der Waals surface area contributed by atoms with Crippen molar-refractivity contribution in [3.8, 4) is 0 Å². The average molecular weight is 270 g/mol. The molecule has 4 heteroatoms. The van der Waals surface area contributed by atoms with Crippen LogP contribution >= 0.6 is 23.1 Å². The Morgan fingerprint density at radius 1 is 1.47 bits per heavy atom. The third-order valence-corrected chi connectivity index (χ3v) is 5.59. The Kier molecular flexibility index (Phi) is 5.32. The van der Waals surface area contributed by atoms with Crippen molar-refractivity contribution in [1.82, 2.24) is 10.3 Å². The quantitative estimate of drug-likeness (QED) is 0.850. The van der Waals surface area contributed by atoms with Gasteiger partial charge in [-0.15, -0.1) is 11.3 Å². The Bertz CT molecular complexity index is 330. The van der Waals surface area contributed by atoms with E-state index >= 15 is 0 Å². The molecule has 1 aromatic heterocycles. The highest BCUT2D eigenvalue weighted by Gasteiger charge is 2.15. The molecule has 0 aromatic carbocycles. The van der Waals surface area contributed by atoms with Crippen molar-refractivity contribution in [3.05, 3.63) is 16.1 Å². The first-order valence-electron chi connectivity index (χ1n) is 6.52. The van der Waals surface area contributed by atoms with Gasteiger partial charge in [-0.25, -0.2) is 4.98 Å². The highest BCUT2D eigenvalue weighted by atomic mass is 32.2. The van der Waals surface area contributed by atoms with Crippen LogP contribution in [0, 0.1) is 0 Å². The maximum absolute atomic E-state index is 4.51. The normalized spacial score (nSPS) is 17.1. The van der Waals surface area contributed by atoms with E-state index in [1.165, 1.54) is 35.6 Å². The Morgan fingerprint density at radius 3 is 2.94 bits per heavy atom. The fraction of sp³-hybridized carbons (Fsp3) is 0.769. The maximum atomic E-state index is 4.51. The van der Waals surface area contributed by atoms with Gasteiger partial charge in [0.05, 0.1) is 0 Å². The minimum absolute atomic E-state index is 0.549. The zero-order valence-electron chi connectivity index (χ0n) is 10.7. The van der Waals surface area contributed by atoms with Gasteiger partial charge in [0.1, 0.15) is 5.01 Å². The summed E-state index contributed by atoms with van der Waals surface area (Å²) in [5.41, 5.74) is 0. The van der Waals surface area contributed by atoms with Crippen molar-refractivity contribution in [1.29, 1.82) is 0 Å². The van der Waals surface area contributed by atoms with E-state index in [0.29, 0.717) is 6.04 Å². The van der Waals surface area contributed by atoms with E-state index in [-0.39, 0.29) is 0 Å². The van der Waals surface area contributed by atoms with Gasteiger partial charge in [0.25, 0.3) is 0 Å². The summed E-state index contributed by atoms with van der Waals surface area (Å²) in [5, 5.41) is 5.63. The fourth-order valence-electron chi connectivity index (χ4n) is 2.05. The summed E-state index contributed by atoms with van der Waals surface area (Å²) >= 11 is 3.97. The number of nitrogens with zero attached hydrogens (tertiary/aromatic N) is 1. The summed E-state index contributed by atoms with van der Waals surface area (Å²) in [6.45, 7) is 5.32. The summed E-state index contributed by atoms with van der Waals surface area (Å²) in [6.07, 6.45) is 7.72. The van der Waals surface area contributed by atoms with E-state index in [1.54, 1.807) is 0 Å². The van der Waals surface area contributed by atoms with E-state index in [2.05, 4.69) is 35.9 Å². The van der Waals surface area contributed by atoms with Crippen LogP contribution in [-0.4, -0.2) is 16.3 Å². The molecule has 0 aliphatic heterocycles. The second-order valence-corrected chi connectivity index (χ2v) is 7.46. The van der Waals surface area contributed by atoms with Gasteiger partial charge < -0.3 is 5.32 Å². The molecule has 0 spiro atoms. The summed E-state index contributed by atoms with van der Waals surface area (Å²) < 4.78 is 0. The Hall–Kier alpha value is -0.0600. The number of thioether (sulfide) groups is 1. The number of aromatic nitrogens is 1. The lowest BCUT2D eigenvalue weighted by Gasteiger charge is -2.06. The number of hydrogen-bond donors (Lipinski definition) is 1. The lowest BCUT2D eigenvalue weighted by molar-refractivity contribution is 0.593. The van der Waals surface area contributed by atoms with E-state index in [1.807, 2.05) is 17.5 Å². The fourth-order valence-corrected chi connectivity index (χ4v) is 4.27. The smallest absolute Gasteiger partial charge is 0.103 e. The summed E-state index contributed by atoms with van der Waals surface area (Å²) in [5.74, 6) is 1.11. The van der Waals surface area contributed by atoms with Crippen LogP contribution in [-0.2, 0) is 12.3 Å². The van der Waals surface area contributed by atoms with Gasteiger partial charge in [-0.2, -0.15) is 11.8 Å². The highest BCUT2D eigenvalue weighted by molar-refractivity contribution is 7.99.